The lowest BCUT2D eigenvalue weighted by atomic mass is 10.2. The van der Waals surface area contributed by atoms with E-state index in [1.54, 1.807) is 11.8 Å². The molecular formula is C5H9Cl2NO2S. The number of hydrogen-bond donors (Lipinski definition) is 1. The molecule has 0 aliphatic heterocycles. The maximum Gasteiger partial charge on any atom is 0.323 e. The Balaban J connectivity index is 3.80. The van der Waals surface area contributed by atoms with Gasteiger partial charge in [-0.05, 0) is 42.0 Å². The first-order chi connectivity index (χ1) is 5.09. The van der Waals surface area contributed by atoms with E-state index >= 15 is 0 Å². The van der Waals surface area contributed by atoms with E-state index in [4.69, 9.17) is 28.7 Å². The summed E-state index contributed by atoms with van der Waals surface area (Å²) in [6, 6.07) is -0.800. The Morgan fingerprint density at radius 2 is 2.27 bits per heavy atom. The van der Waals surface area contributed by atoms with E-state index in [9.17, 15) is 4.79 Å². The van der Waals surface area contributed by atoms with Crippen molar-refractivity contribution in [3.05, 3.63) is 0 Å². The molecule has 0 aromatic carbocycles. The van der Waals surface area contributed by atoms with Crippen LogP contribution in [0.1, 0.15) is 6.42 Å². The lowest BCUT2D eigenvalue weighted by Gasteiger charge is -2.13. The Bertz CT molecular complexity index is 134. The molecule has 0 aromatic heterocycles. The smallest absolute Gasteiger partial charge is 0.323 e. The van der Waals surface area contributed by atoms with Gasteiger partial charge in [-0.3, -0.25) is 4.79 Å². The van der Waals surface area contributed by atoms with Crippen molar-refractivity contribution < 1.29 is 9.90 Å². The standard InChI is InChI=1S/C5H9Cl2NO2S/c1-11-3-2-4(5(9)10)8(6)7/h4H,2-3H2,1H3,(H,9,10)/t4-/m0/s1. The molecule has 0 unspecified atom stereocenters. The number of halogens is 2. The number of carboxylic acids is 1. The van der Waals surface area contributed by atoms with Crippen molar-refractivity contribution in [3.8, 4) is 0 Å². The van der Waals surface area contributed by atoms with Crippen molar-refractivity contribution in [1.82, 2.24) is 3.94 Å². The molecule has 0 heterocycles. The normalized spacial score (nSPS) is 13.5. The lowest BCUT2D eigenvalue weighted by Crippen LogP contribution is -2.29. The van der Waals surface area contributed by atoms with Crippen molar-refractivity contribution in [2.24, 2.45) is 0 Å². The van der Waals surface area contributed by atoms with Crippen molar-refractivity contribution in [3.63, 3.8) is 0 Å². The average molecular weight is 218 g/mol. The topological polar surface area (TPSA) is 40.5 Å². The third-order valence-electron chi connectivity index (χ3n) is 1.12. The van der Waals surface area contributed by atoms with Gasteiger partial charge in [0.1, 0.15) is 6.04 Å². The summed E-state index contributed by atoms with van der Waals surface area (Å²) in [6.45, 7) is 0. The minimum atomic E-state index is -0.996. The second-order valence-corrected chi connectivity index (χ2v) is 3.78. The number of rotatable bonds is 5. The summed E-state index contributed by atoms with van der Waals surface area (Å²) in [5.41, 5.74) is 0. The highest BCUT2D eigenvalue weighted by Crippen LogP contribution is 2.13. The first-order valence-electron chi connectivity index (χ1n) is 2.92. The van der Waals surface area contributed by atoms with E-state index in [1.165, 1.54) is 0 Å². The van der Waals surface area contributed by atoms with Gasteiger partial charge in [0, 0.05) is 0 Å². The van der Waals surface area contributed by atoms with Crippen molar-refractivity contribution in [2.75, 3.05) is 12.0 Å². The largest absolute Gasteiger partial charge is 0.480 e. The van der Waals surface area contributed by atoms with Gasteiger partial charge in [-0.1, -0.05) is 0 Å². The fourth-order valence-corrected chi connectivity index (χ4v) is 1.36. The number of thioether (sulfide) groups is 1. The van der Waals surface area contributed by atoms with Crippen molar-refractivity contribution in [2.45, 2.75) is 12.5 Å². The van der Waals surface area contributed by atoms with Crippen molar-refractivity contribution >= 4 is 41.3 Å². The van der Waals surface area contributed by atoms with Gasteiger partial charge in [-0.15, -0.1) is 3.94 Å². The van der Waals surface area contributed by atoms with E-state index in [1.807, 2.05) is 6.26 Å². The maximum absolute atomic E-state index is 10.4. The number of hydrogen-bond acceptors (Lipinski definition) is 3. The van der Waals surface area contributed by atoms with Gasteiger partial charge in [-0.25, -0.2) is 0 Å². The molecule has 6 heteroatoms. The molecule has 3 nitrogen and oxygen atoms in total. The average Bonchev–Trinajstić information content (AvgIpc) is 1.87. The highest BCUT2D eigenvalue weighted by atomic mass is 35.5. The summed E-state index contributed by atoms with van der Waals surface area (Å²) in [7, 11) is 0. The highest BCUT2D eigenvalue weighted by molar-refractivity contribution is 7.98. The minimum absolute atomic E-state index is 0.448. The zero-order valence-electron chi connectivity index (χ0n) is 5.96. The third-order valence-corrected chi connectivity index (χ3v) is 2.23. The second kappa shape index (κ2) is 5.94. The van der Waals surface area contributed by atoms with Crippen LogP contribution in [0.2, 0.25) is 0 Å². The van der Waals surface area contributed by atoms with Gasteiger partial charge in [0.15, 0.2) is 0 Å². The molecule has 1 atom stereocenters. The molecule has 11 heavy (non-hydrogen) atoms. The Hall–Kier alpha value is 0.360. The van der Waals surface area contributed by atoms with Crippen LogP contribution in [0.5, 0.6) is 0 Å². The van der Waals surface area contributed by atoms with Crippen LogP contribution in [0.15, 0.2) is 0 Å². The van der Waals surface area contributed by atoms with Gasteiger partial charge in [-0.2, -0.15) is 11.8 Å². The number of carboxylic acid groups (broad SMARTS) is 1. The molecule has 0 rings (SSSR count). The van der Waals surface area contributed by atoms with Crippen LogP contribution in [0, 0.1) is 0 Å². The van der Waals surface area contributed by atoms with Gasteiger partial charge >= 0.3 is 5.97 Å². The van der Waals surface area contributed by atoms with Crippen LogP contribution in [-0.4, -0.2) is 33.1 Å². The van der Waals surface area contributed by atoms with Gasteiger partial charge < -0.3 is 5.11 Å². The minimum Gasteiger partial charge on any atom is -0.480 e. The zero-order valence-corrected chi connectivity index (χ0v) is 8.29. The number of nitrogens with zero attached hydrogens (tertiary/aromatic N) is 1. The first kappa shape index (κ1) is 11.4. The van der Waals surface area contributed by atoms with Crippen LogP contribution < -0.4 is 0 Å². The maximum atomic E-state index is 10.4. The van der Waals surface area contributed by atoms with Crippen LogP contribution in [0.4, 0.5) is 0 Å². The molecule has 0 saturated heterocycles. The Kier molecular flexibility index (Phi) is 6.14. The molecule has 0 aliphatic rings. The molecule has 0 aliphatic carbocycles. The lowest BCUT2D eigenvalue weighted by molar-refractivity contribution is -0.140. The molecule has 0 saturated carbocycles. The first-order valence-corrected chi connectivity index (χ1v) is 4.99. The van der Waals surface area contributed by atoms with Crippen LogP contribution in [0.3, 0.4) is 0 Å². The predicted octanol–water partition coefficient (Wildman–Crippen LogP) is 1.80. The molecule has 66 valence electrons. The summed E-state index contributed by atoms with van der Waals surface area (Å²) in [5, 5.41) is 8.55. The van der Waals surface area contributed by atoms with E-state index in [0.29, 0.717) is 10.4 Å². The summed E-state index contributed by atoms with van der Waals surface area (Å²) < 4.78 is 0.679. The Morgan fingerprint density at radius 3 is 2.55 bits per heavy atom. The van der Waals surface area contributed by atoms with E-state index < -0.39 is 12.0 Å². The summed E-state index contributed by atoms with van der Waals surface area (Å²) >= 11 is 12.1. The summed E-state index contributed by atoms with van der Waals surface area (Å²) in [5.74, 6) is -0.267. The fourth-order valence-electron chi connectivity index (χ4n) is 0.534. The van der Waals surface area contributed by atoms with Crippen molar-refractivity contribution in [1.29, 1.82) is 0 Å². The van der Waals surface area contributed by atoms with E-state index in [-0.39, 0.29) is 0 Å². The molecule has 0 bridgehead atoms. The zero-order chi connectivity index (χ0) is 8.85. The monoisotopic (exact) mass is 217 g/mol. The SMILES string of the molecule is CSCC[C@@H](C(=O)O)N(Cl)Cl. The highest BCUT2D eigenvalue weighted by Gasteiger charge is 2.22. The predicted molar refractivity (Wildman–Crippen MR) is 48.0 cm³/mol. The molecule has 0 fully saturated rings. The quantitative estimate of drug-likeness (QED) is 0.714. The van der Waals surface area contributed by atoms with Crippen LogP contribution in [0.25, 0.3) is 0 Å². The summed E-state index contributed by atoms with van der Waals surface area (Å²) in [6.07, 6.45) is 2.34. The van der Waals surface area contributed by atoms with Crippen LogP contribution in [-0.2, 0) is 4.79 Å². The molecule has 0 radical (unpaired) electrons. The second-order valence-electron chi connectivity index (χ2n) is 1.89. The molecular weight excluding hydrogens is 209 g/mol. The Labute approximate surface area is 79.9 Å². The molecule has 0 spiro atoms. The molecule has 0 aromatic rings. The van der Waals surface area contributed by atoms with Crippen LogP contribution >= 0.6 is 35.3 Å². The number of aliphatic carboxylic acids is 1. The van der Waals surface area contributed by atoms with E-state index in [2.05, 4.69) is 0 Å². The fraction of sp³-hybridized carbons (Fsp3) is 0.800. The Morgan fingerprint density at radius 1 is 1.73 bits per heavy atom. The number of carbonyl (C=O) groups is 1. The van der Waals surface area contributed by atoms with E-state index in [0.717, 1.165) is 5.75 Å². The summed E-state index contributed by atoms with van der Waals surface area (Å²) in [4.78, 5) is 10.4. The molecule has 0 amide bonds. The third kappa shape index (κ3) is 4.74. The van der Waals surface area contributed by atoms with Gasteiger partial charge in [0.25, 0.3) is 0 Å². The van der Waals surface area contributed by atoms with Gasteiger partial charge in [0.05, 0.1) is 0 Å². The molecule has 1 N–H and O–H groups in total. The van der Waals surface area contributed by atoms with Gasteiger partial charge in [0.2, 0.25) is 0 Å².